The minimum Gasteiger partial charge on any atom is -0.492 e. The topological polar surface area (TPSA) is 21.6 Å². The Kier molecular flexibility index (Phi) is 8.48. The Morgan fingerprint density at radius 3 is 2.54 bits per heavy atom. The average molecular weight is 374 g/mol. The van der Waals surface area contributed by atoms with E-state index >= 15 is 0 Å². The molecule has 0 unspecified atom stereocenters. The number of allylic oxidation sites excluding steroid dienone is 4. The summed E-state index contributed by atoms with van der Waals surface area (Å²) in [5.74, 6) is 0.881. The highest BCUT2D eigenvalue weighted by Gasteiger charge is 2.12. The van der Waals surface area contributed by atoms with Crippen LogP contribution in [0.2, 0.25) is 0 Å². The van der Waals surface area contributed by atoms with Crippen molar-refractivity contribution in [1.29, 1.82) is 0 Å². The van der Waals surface area contributed by atoms with Gasteiger partial charge in [-0.2, -0.15) is 0 Å². The minimum absolute atomic E-state index is 0.673. The zero-order valence-electron chi connectivity index (χ0n) is 17.5. The van der Waals surface area contributed by atoms with Crippen molar-refractivity contribution >= 4 is 6.21 Å². The van der Waals surface area contributed by atoms with Gasteiger partial charge in [0.1, 0.15) is 5.75 Å². The summed E-state index contributed by atoms with van der Waals surface area (Å²) >= 11 is 0. The van der Waals surface area contributed by atoms with Crippen LogP contribution in [0.5, 0.6) is 5.75 Å². The maximum atomic E-state index is 6.16. The number of hydrogen-bond donors (Lipinski definition) is 0. The fourth-order valence-corrected chi connectivity index (χ4v) is 3.00. The predicted molar refractivity (Wildman–Crippen MR) is 122 cm³/mol. The van der Waals surface area contributed by atoms with Gasteiger partial charge in [-0.1, -0.05) is 62.4 Å². The first-order valence-corrected chi connectivity index (χ1v) is 9.96. The van der Waals surface area contributed by atoms with Crippen LogP contribution >= 0.6 is 0 Å². The fraction of sp³-hybridized carbons (Fsp3) is 0.269. The molecule has 146 valence electrons. The number of ether oxygens (including phenoxy) is 1. The molecular weight excluding hydrogens is 342 g/mol. The first-order valence-electron chi connectivity index (χ1n) is 9.96. The van der Waals surface area contributed by atoms with Gasteiger partial charge in [0.2, 0.25) is 0 Å². The van der Waals surface area contributed by atoms with E-state index in [1.165, 1.54) is 11.1 Å². The molecule has 0 saturated carbocycles. The second kappa shape index (κ2) is 11.1. The lowest BCUT2D eigenvalue weighted by Crippen LogP contribution is -2.02. The van der Waals surface area contributed by atoms with Crippen LogP contribution in [0.1, 0.15) is 44.7 Å². The summed E-state index contributed by atoms with van der Waals surface area (Å²) in [6.07, 6.45) is 9.85. The van der Waals surface area contributed by atoms with Crippen LogP contribution < -0.4 is 4.74 Å². The van der Waals surface area contributed by atoms with Gasteiger partial charge < -0.3 is 4.74 Å². The normalized spacial score (nSPS) is 12.4. The molecule has 0 N–H and O–H groups in total. The molecular formula is C26H31NO. The Morgan fingerprint density at radius 2 is 1.89 bits per heavy atom. The highest BCUT2D eigenvalue weighted by atomic mass is 16.5. The molecule has 0 aliphatic heterocycles. The van der Waals surface area contributed by atoms with Crippen molar-refractivity contribution in [3.05, 3.63) is 89.7 Å². The van der Waals surface area contributed by atoms with E-state index in [4.69, 9.17) is 4.74 Å². The molecule has 2 aromatic rings. The molecule has 0 aliphatic carbocycles. The van der Waals surface area contributed by atoms with Gasteiger partial charge in [0.15, 0.2) is 0 Å². The van der Waals surface area contributed by atoms with Crippen molar-refractivity contribution in [3.63, 3.8) is 0 Å². The van der Waals surface area contributed by atoms with E-state index in [2.05, 4.69) is 81.7 Å². The van der Waals surface area contributed by atoms with E-state index in [9.17, 15) is 0 Å². The lowest BCUT2D eigenvalue weighted by atomic mass is 9.99. The Morgan fingerprint density at radius 1 is 1.14 bits per heavy atom. The lowest BCUT2D eigenvalue weighted by Gasteiger charge is -2.15. The third kappa shape index (κ3) is 6.09. The summed E-state index contributed by atoms with van der Waals surface area (Å²) in [4.78, 5) is 4.68. The first kappa shape index (κ1) is 21.4. The highest BCUT2D eigenvalue weighted by molar-refractivity contribution is 5.90. The SMILES string of the molecule is C=CC(=C\C(C)=C/CC)/N=C/c1cc(C)cc(-c2ccccc2)c1OCCC. The summed E-state index contributed by atoms with van der Waals surface area (Å²) in [6, 6.07) is 14.7. The Bertz CT molecular complexity index is 873. The molecule has 2 heteroatoms. The van der Waals surface area contributed by atoms with Crippen molar-refractivity contribution < 1.29 is 4.74 Å². The summed E-state index contributed by atoms with van der Waals surface area (Å²) < 4.78 is 6.16. The molecule has 2 rings (SSSR count). The van der Waals surface area contributed by atoms with Gasteiger partial charge in [-0.25, -0.2) is 0 Å². The van der Waals surface area contributed by atoms with E-state index < -0.39 is 0 Å². The molecule has 0 fully saturated rings. The van der Waals surface area contributed by atoms with Crippen LogP contribution in [-0.4, -0.2) is 12.8 Å². The Labute approximate surface area is 170 Å². The third-order valence-corrected chi connectivity index (χ3v) is 4.26. The minimum atomic E-state index is 0.673. The lowest BCUT2D eigenvalue weighted by molar-refractivity contribution is 0.318. The van der Waals surface area contributed by atoms with Crippen molar-refractivity contribution in [2.45, 2.75) is 40.5 Å². The maximum absolute atomic E-state index is 6.16. The third-order valence-electron chi connectivity index (χ3n) is 4.26. The molecule has 0 amide bonds. The zero-order chi connectivity index (χ0) is 20.4. The number of hydrogen-bond acceptors (Lipinski definition) is 2. The van der Waals surface area contributed by atoms with Crippen LogP contribution in [0, 0.1) is 6.92 Å². The van der Waals surface area contributed by atoms with E-state index in [-0.39, 0.29) is 0 Å². The Balaban J connectivity index is 2.52. The maximum Gasteiger partial charge on any atom is 0.135 e. The van der Waals surface area contributed by atoms with Crippen LogP contribution in [0.25, 0.3) is 11.1 Å². The van der Waals surface area contributed by atoms with Crippen molar-refractivity contribution in [1.82, 2.24) is 0 Å². The Hall–Kier alpha value is -2.87. The molecule has 0 spiro atoms. The number of aryl methyl sites for hydroxylation is 1. The fourth-order valence-electron chi connectivity index (χ4n) is 3.00. The summed E-state index contributed by atoms with van der Waals surface area (Å²) in [7, 11) is 0. The van der Waals surface area contributed by atoms with E-state index in [0.29, 0.717) is 6.61 Å². The summed E-state index contributed by atoms with van der Waals surface area (Å²) in [5.41, 5.74) is 6.43. The van der Waals surface area contributed by atoms with E-state index in [1.807, 2.05) is 18.4 Å². The highest BCUT2D eigenvalue weighted by Crippen LogP contribution is 2.34. The molecule has 0 heterocycles. The molecule has 2 aromatic carbocycles. The van der Waals surface area contributed by atoms with Gasteiger partial charge in [-0.15, -0.1) is 0 Å². The largest absolute Gasteiger partial charge is 0.492 e. The van der Waals surface area contributed by atoms with Gasteiger partial charge >= 0.3 is 0 Å². The number of benzene rings is 2. The molecule has 0 radical (unpaired) electrons. The standard InChI is InChI=1S/C26H31NO/c1-6-12-20(4)17-24(8-3)27-19-23-16-21(5)18-25(26(23)28-15-7-2)22-13-10-9-11-14-22/h8-14,16-19H,3,6-7,15H2,1-2,4-5H3/b20-12-,24-17+,27-19+. The van der Waals surface area contributed by atoms with Gasteiger partial charge in [0.05, 0.1) is 12.3 Å². The quantitative estimate of drug-likeness (QED) is 0.334. The van der Waals surface area contributed by atoms with Crippen molar-refractivity contribution in [3.8, 4) is 16.9 Å². The molecule has 0 aromatic heterocycles. The van der Waals surface area contributed by atoms with Gasteiger partial charge in [0, 0.05) is 17.3 Å². The summed E-state index contributed by atoms with van der Waals surface area (Å²) in [6.45, 7) is 13.0. The molecule has 0 bridgehead atoms. The monoisotopic (exact) mass is 373 g/mol. The van der Waals surface area contributed by atoms with Crippen LogP contribution in [-0.2, 0) is 0 Å². The first-order chi connectivity index (χ1) is 13.6. The molecule has 28 heavy (non-hydrogen) atoms. The number of aliphatic imine (C=N–C) groups is 1. The molecule has 0 atom stereocenters. The second-order valence-corrected chi connectivity index (χ2v) is 6.83. The van der Waals surface area contributed by atoms with Gasteiger partial charge in [0.25, 0.3) is 0 Å². The number of nitrogens with zero attached hydrogens (tertiary/aromatic N) is 1. The van der Waals surface area contributed by atoms with Crippen molar-refractivity contribution in [2.24, 2.45) is 4.99 Å². The molecule has 2 nitrogen and oxygen atoms in total. The van der Waals surface area contributed by atoms with E-state index in [1.54, 1.807) is 6.08 Å². The second-order valence-electron chi connectivity index (χ2n) is 6.83. The predicted octanol–water partition coefficient (Wildman–Crippen LogP) is 7.30. The van der Waals surface area contributed by atoms with Crippen LogP contribution in [0.15, 0.2) is 83.5 Å². The molecule has 0 aliphatic rings. The number of rotatable bonds is 9. The van der Waals surface area contributed by atoms with Gasteiger partial charge in [-0.3, -0.25) is 4.99 Å². The van der Waals surface area contributed by atoms with Crippen LogP contribution in [0.4, 0.5) is 0 Å². The van der Waals surface area contributed by atoms with E-state index in [0.717, 1.165) is 41.0 Å². The smallest absolute Gasteiger partial charge is 0.135 e. The van der Waals surface area contributed by atoms with Crippen LogP contribution in [0.3, 0.4) is 0 Å². The molecule has 0 saturated heterocycles. The van der Waals surface area contributed by atoms with Crippen molar-refractivity contribution in [2.75, 3.05) is 6.61 Å². The summed E-state index contributed by atoms with van der Waals surface area (Å²) in [5, 5.41) is 0. The average Bonchev–Trinajstić information content (AvgIpc) is 2.70. The van der Waals surface area contributed by atoms with Gasteiger partial charge in [-0.05, 0) is 62.1 Å². The zero-order valence-corrected chi connectivity index (χ0v) is 17.5.